The van der Waals surface area contributed by atoms with Gasteiger partial charge in [0.2, 0.25) is 0 Å². The van der Waals surface area contributed by atoms with Crippen LogP contribution in [0, 0.1) is 5.82 Å². The lowest BCUT2D eigenvalue weighted by molar-refractivity contribution is 0.0218. The second kappa shape index (κ2) is 5.46. The van der Waals surface area contributed by atoms with Gasteiger partial charge in [-0.15, -0.1) is 0 Å². The fourth-order valence-corrected chi connectivity index (χ4v) is 1.09. The number of ether oxygens (including phenoxy) is 2. The van der Waals surface area contributed by atoms with Gasteiger partial charge in [-0.3, -0.25) is 4.79 Å². The van der Waals surface area contributed by atoms with Gasteiger partial charge in [-0.25, -0.2) is 4.39 Å². The third-order valence-corrected chi connectivity index (χ3v) is 1.82. The highest BCUT2D eigenvalue weighted by molar-refractivity contribution is 5.96. The van der Waals surface area contributed by atoms with E-state index in [1.807, 2.05) is 6.92 Å². The number of ketones is 1. The second-order valence-electron chi connectivity index (χ2n) is 2.95. The van der Waals surface area contributed by atoms with E-state index >= 15 is 0 Å². The lowest BCUT2D eigenvalue weighted by Gasteiger charge is -2.09. The van der Waals surface area contributed by atoms with E-state index in [1.54, 1.807) is 0 Å². The minimum atomic E-state index is -0.438. The molecule has 1 rings (SSSR count). The van der Waals surface area contributed by atoms with Gasteiger partial charge in [-0.2, -0.15) is 0 Å². The summed E-state index contributed by atoms with van der Waals surface area (Å²) in [5.41, 5.74) is 0.358. The number of halogens is 1. The highest BCUT2D eigenvalue weighted by Crippen LogP contribution is 2.20. The Morgan fingerprint density at radius 2 is 2.20 bits per heavy atom. The molecule has 0 saturated carbocycles. The maximum atomic E-state index is 12.9. The molecule has 1 aromatic rings. The quantitative estimate of drug-likeness (QED) is 0.427. The third-order valence-electron chi connectivity index (χ3n) is 1.82. The Kier molecular flexibility index (Phi) is 4.24. The van der Waals surface area contributed by atoms with E-state index in [1.165, 1.54) is 25.1 Å². The Labute approximate surface area is 87.8 Å². The Morgan fingerprint density at radius 1 is 1.47 bits per heavy atom. The molecule has 0 aliphatic rings. The summed E-state index contributed by atoms with van der Waals surface area (Å²) in [6, 6.07) is 3.80. The first-order chi connectivity index (χ1) is 7.15. The van der Waals surface area contributed by atoms with Crippen LogP contribution in [0.1, 0.15) is 24.2 Å². The Hall–Kier alpha value is -1.42. The van der Waals surface area contributed by atoms with Crippen molar-refractivity contribution in [3.05, 3.63) is 29.6 Å². The van der Waals surface area contributed by atoms with Gasteiger partial charge in [0.15, 0.2) is 12.6 Å². The molecule has 82 valence electrons. The molecule has 4 heteroatoms. The standard InChI is InChI=1S/C11H13FO3/c1-3-14-7-15-11-6-9(12)4-5-10(11)8(2)13/h4-6H,3,7H2,1-2H3. The summed E-state index contributed by atoms with van der Waals surface area (Å²) in [5, 5.41) is 0. The highest BCUT2D eigenvalue weighted by Gasteiger charge is 2.09. The van der Waals surface area contributed by atoms with E-state index in [-0.39, 0.29) is 18.3 Å². The topological polar surface area (TPSA) is 35.5 Å². The normalized spacial score (nSPS) is 10.1. The summed E-state index contributed by atoms with van der Waals surface area (Å²) >= 11 is 0. The molecular formula is C11H13FO3. The maximum absolute atomic E-state index is 12.9. The molecular weight excluding hydrogens is 199 g/mol. The number of benzene rings is 1. The zero-order chi connectivity index (χ0) is 11.3. The first-order valence-corrected chi connectivity index (χ1v) is 4.66. The van der Waals surface area contributed by atoms with E-state index in [2.05, 4.69) is 0 Å². The first kappa shape index (κ1) is 11.7. The lowest BCUT2D eigenvalue weighted by Crippen LogP contribution is -2.06. The van der Waals surface area contributed by atoms with Crippen LogP contribution >= 0.6 is 0 Å². The van der Waals surface area contributed by atoms with Gasteiger partial charge < -0.3 is 9.47 Å². The van der Waals surface area contributed by atoms with Gasteiger partial charge in [0.1, 0.15) is 11.6 Å². The average Bonchev–Trinajstić information content (AvgIpc) is 2.18. The van der Waals surface area contributed by atoms with Crippen LogP contribution in [0.15, 0.2) is 18.2 Å². The maximum Gasteiger partial charge on any atom is 0.189 e. The van der Waals surface area contributed by atoms with Crippen molar-refractivity contribution in [1.82, 2.24) is 0 Å². The third kappa shape index (κ3) is 3.32. The van der Waals surface area contributed by atoms with E-state index in [0.29, 0.717) is 12.2 Å². The summed E-state index contributed by atoms with van der Waals surface area (Å²) in [7, 11) is 0. The molecule has 0 aliphatic heterocycles. The van der Waals surface area contributed by atoms with Crippen LogP contribution in [0.2, 0.25) is 0 Å². The van der Waals surface area contributed by atoms with Crippen LogP contribution < -0.4 is 4.74 Å². The Morgan fingerprint density at radius 3 is 2.80 bits per heavy atom. The number of carbonyl (C=O) groups excluding carboxylic acids is 1. The number of Topliss-reactive ketones (excluding diaryl/α,β-unsaturated/α-hetero) is 1. The minimum absolute atomic E-state index is 0.0141. The molecule has 0 bridgehead atoms. The smallest absolute Gasteiger partial charge is 0.189 e. The first-order valence-electron chi connectivity index (χ1n) is 4.66. The molecule has 0 unspecified atom stereocenters. The second-order valence-corrected chi connectivity index (χ2v) is 2.95. The SMILES string of the molecule is CCOCOc1cc(F)ccc1C(C)=O. The number of hydrogen-bond donors (Lipinski definition) is 0. The molecule has 0 N–H and O–H groups in total. The predicted octanol–water partition coefficient (Wildman–Crippen LogP) is 2.40. The Bertz CT molecular complexity index is 350. The molecule has 0 amide bonds. The highest BCUT2D eigenvalue weighted by atomic mass is 19.1. The van der Waals surface area contributed by atoms with Gasteiger partial charge in [-0.1, -0.05) is 0 Å². The molecule has 0 heterocycles. The van der Waals surface area contributed by atoms with E-state index < -0.39 is 5.82 Å². The van der Waals surface area contributed by atoms with Crippen molar-refractivity contribution in [2.75, 3.05) is 13.4 Å². The fraction of sp³-hybridized carbons (Fsp3) is 0.364. The average molecular weight is 212 g/mol. The van der Waals surface area contributed by atoms with Crippen molar-refractivity contribution in [2.45, 2.75) is 13.8 Å². The lowest BCUT2D eigenvalue weighted by atomic mass is 10.1. The van der Waals surface area contributed by atoms with Gasteiger partial charge >= 0.3 is 0 Å². The Balaban J connectivity index is 2.82. The number of rotatable bonds is 5. The van der Waals surface area contributed by atoms with Crippen molar-refractivity contribution >= 4 is 5.78 Å². The zero-order valence-corrected chi connectivity index (χ0v) is 8.75. The van der Waals surface area contributed by atoms with Crippen LogP contribution in [0.3, 0.4) is 0 Å². The van der Waals surface area contributed by atoms with Crippen molar-refractivity contribution in [3.63, 3.8) is 0 Å². The van der Waals surface area contributed by atoms with E-state index in [9.17, 15) is 9.18 Å². The van der Waals surface area contributed by atoms with Gasteiger partial charge in [0.25, 0.3) is 0 Å². The summed E-state index contributed by atoms with van der Waals surface area (Å²) in [5.74, 6) is -0.385. The largest absolute Gasteiger partial charge is 0.467 e. The molecule has 0 saturated heterocycles. The number of carbonyl (C=O) groups is 1. The summed E-state index contributed by atoms with van der Waals surface area (Å²) in [6.45, 7) is 3.74. The van der Waals surface area contributed by atoms with Gasteiger partial charge in [0.05, 0.1) is 5.56 Å². The van der Waals surface area contributed by atoms with Crippen LogP contribution in [-0.4, -0.2) is 19.2 Å². The molecule has 15 heavy (non-hydrogen) atoms. The molecule has 0 atom stereocenters. The van der Waals surface area contributed by atoms with Crippen molar-refractivity contribution in [1.29, 1.82) is 0 Å². The van der Waals surface area contributed by atoms with Crippen molar-refractivity contribution in [2.24, 2.45) is 0 Å². The molecule has 0 spiro atoms. The molecule has 0 radical (unpaired) electrons. The van der Waals surface area contributed by atoms with E-state index in [4.69, 9.17) is 9.47 Å². The fourth-order valence-electron chi connectivity index (χ4n) is 1.09. The van der Waals surface area contributed by atoms with Crippen LogP contribution in [0.25, 0.3) is 0 Å². The van der Waals surface area contributed by atoms with Crippen molar-refractivity contribution < 1.29 is 18.7 Å². The summed E-state index contributed by atoms with van der Waals surface area (Å²) < 4.78 is 23.0. The summed E-state index contributed by atoms with van der Waals surface area (Å²) in [6.07, 6.45) is 0. The minimum Gasteiger partial charge on any atom is -0.467 e. The number of hydrogen-bond acceptors (Lipinski definition) is 3. The predicted molar refractivity (Wildman–Crippen MR) is 53.5 cm³/mol. The monoisotopic (exact) mass is 212 g/mol. The van der Waals surface area contributed by atoms with E-state index in [0.717, 1.165) is 0 Å². The van der Waals surface area contributed by atoms with Crippen molar-refractivity contribution in [3.8, 4) is 5.75 Å². The van der Waals surface area contributed by atoms with Gasteiger partial charge in [0, 0.05) is 12.7 Å². The molecule has 0 aromatic heterocycles. The molecule has 0 aliphatic carbocycles. The van der Waals surface area contributed by atoms with Crippen LogP contribution in [0.5, 0.6) is 5.75 Å². The van der Waals surface area contributed by atoms with Gasteiger partial charge in [-0.05, 0) is 26.0 Å². The molecule has 3 nitrogen and oxygen atoms in total. The molecule has 1 aromatic carbocycles. The zero-order valence-electron chi connectivity index (χ0n) is 8.75. The van der Waals surface area contributed by atoms with Crippen LogP contribution in [-0.2, 0) is 4.74 Å². The summed E-state index contributed by atoms with van der Waals surface area (Å²) in [4.78, 5) is 11.2. The molecule has 0 fully saturated rings. The van der Waals surface area contributed by atoms with Crippen LogP contribution in [0.4, 0.5) is 4.39 Å².